The van der Waals surface area contributed by atoms with Gasteiger partial charge in [-0.25, -0.2) is 0 Å². The van der Waals surface area contributed by atoms with Crippen LogP contribution in [-0.2, 0) is 18.1 Å². The van der Waals surface area contributed by atoms with Crippen LogP contribution in [0.1, 0.15) is 38.5 Å². The average molecular weight is 409 g/mol. The van der Waals surface area contributed by atoms with Gasteiger partial charge in [-0.3, -0.25) is 0 Å². The third-order valence-corrected chi connectivity index (χ3v) is 10.2. The SMILES string of the molecule is COCOC1CC[C@]23CC1C[C@@H]2CCC([Se](=O)c1ccccc1)C3=O. The van der Waals surface area contributed by atoms with Crippen LogP contribution in [0.25, 0.3) is 0 Å². The molecule has 0 aromatic heterocycles. The quantitative estimate of drug-likeness (QED) is 0.555. The molecule has 1 aromatic carbocycles. The number of rotatable bonds is 5. The van der Waals surface area contributed by atoms with Crippen molar-refractivity contribution in [1.29, 1.82) is 0 Å². The average Bonchev–Trinajstić information content (AvgIpc) is 2.96. The van der Waals surface area contributed by atoms with E-state index in [4.69, 9.17) is 9.47 Å². The normalized spacial score (nSPS) is 38.4. The summed E-state index contributed by atoms with van der Waals surface area (Å²) in [5.74, 6) is 1.23. The molecular weight excluding hydrogens is 383 g/mol. The first-order valence-corrected chi connectivity index (χ1v) is 11.8. The predicted molar refractivity (Wildman–Crippen MR) is 95.1 cm³/mol. The van der Waals surface area contributed by atoms with Crippen molar-refractivity contribution in [3.8, 4) is 0 Å². The van der Waals surface area contributed by atoms with Gasteiger partial charge >= 0.3 is 153 Å². The van der Waals surface area contributed by atoms with E-state index in [1.807, 2.05) is 30.3 Å². The topological polar surface area (TPSA) is 52.6 Å². The summed E-state index contributed by atoms with van der Waals surface area (Å²) in [6, 6.07) is 9.61. The number of methoxy groups -OCH3 is 1. The molecule has 3 saturated carbocycles. The Morgan fingerprint density at radius 3 is 2.76 bits per heavy atom. The Labute approximate surface area is 153 Å². The Bertz CT molecular complexity index is 661. The summed E-state index contributed by atoms with van der Waals surface area (Å²) in [5, 5.41) is 0. The minimum absolute atomic E-state index is 0.218. The number of hydrogen-bond donors (Lipinski definition) is 0. The zero-order valence-corrected chi connectivity index (χ0v) is 16.4. The molecule has 2 bridgehead atoms. The summed E-state index contributed by atoms with van der Waals surface area (Å²) in [5.41, 5.74) is -0.221. The van der Waals surface area contributed by atoms with Gasteiger partial charge in [0.25, 0.3) is 0 Å². The third-order valence-electron chi connectivity index (χ3n) is 6.59. The summed E-state index contributed by atoms with van der Waals surface area (Å²) in [7, 11) is 1.65. The molecule has 0 radical (unpaired) electrons. The summed E-state index contributed by atoms with van der Waals surface area (Å²) in [6.07, 6.45) is 5.89. The predicted octanol–water partition coefficient (Wildman–Crippen LogP) is 2.84. The van der Waals surface area contributed by atoms with Crippen molar-refractivity contribution in [2.45, 2.75) is 49.4 Å². The molecule has 1 spiro atoms. The second-order valence-electron chi connectivity index (χ2n) is 7.74. The molecule has 25 heavy (non-hydrogen) atoms. The monoisotopic (exact) mass is 410 g/mol. The molecule has 5 heteroatoms. The molecule has 0 heterocycles. The second kappa shape index (κ2) is 7.03. The summed E-state index contributed by atoms with van der Waals surface area (Å²) in [4.78, 5) is 13.2. The van der Waals surface area contributed by atoms with Gasteiger partial charge in [0.1, 0.15) is 0 Å². The first-order valence-electron chi connectivity index (χ1n) is 9.26. The number of hydrogen-bond acceptors (Lipinski definition) is 4. The van der Waals surface area contributed by atoms with E-state index in [2.05, 4.69) is 0 Å². The molecule has 0 N–H and O–H groups in total. The van der Waals surface area contributed by atoms with E-state index < -0.39 is 13.8 Å². The molecular formula is C20H26O4Se. The summed E-state index contributed by atoms with van der Waals surface area (Å²) in [6.45, 7) is 0.332. The maximum absolute atomic E-state index is 13.4. The Kier molecular flexibility index (Phi) is 4.93. The summed E-state index contributed by atoms with van der Waals surface area (Å²) >= 11 is -2.33. The van der Waals surface area contributed by atoms with Gasteiger partial charge in [-0.15, -0.1) is 0 Å². The van der Waals surface area contributed by atoms with Gasteiger partial charge in [-0.2, -0.15) is 0 Å². The van der Waals surface area contributed by atoms with Crippen molar-refractivity contribution in [3.05, 3.63) is 30.3 Å². The van der Waals surface area contributed by atoms with E-state index >= 15 is 0 Å². The number of benzene rings is 1. The van der Waals surface area contributed by atoms with Crippen molar-refractivity contribution >= 4 is 24.1 Å². The molecule has 3 fully saturated rings. The van der Waals surface area contributed by atoms with Crippen LogP contribution in [-0.4, -0.2) is 39.6 Å². The van der Waals surface area contributed by atoms with Crippen molar-refractivity contribution < 1.29 is 18.1 Å². The summed E-state index contributed by atoms with van der Waals surface area (Å²) < 4.78 is 24.9. The zero-order valence-electron chi connectivity index (χ0n) is 14.7. The van der Waals surface area contributed by atoms with Crippen LogP contribution in [0.3, 0.4) is 0 Å². The van der Waals surface area contributed by atoms with Crippen LogP contribution >= 0.6 is 0 Å². The fourth-order valence-corrected chi connectivity index (χ4v) is 8.67. The van der Waals surface area contributed by atoms with Gasteiger partial charge in [0, 0.05) is 0 Å². The molecule has 0 aliphatic heterocycles. The second-order valence-corrected chi connectivity index (χ2v) is 11.2. The van der Waals surface area contributed by atoms with Crippen LogP contribution in [0, 0.1) is 17.3 Å². The minimum atomic E-state index is -2.33. The molecule has 4 unspecified atom stereocenters. The van der Waals surface area contributed by atoms with Gasteiger partial charge in [-0.05, 0) is 0 Å². The number of carbonyl (C=O) groups excluding carboxylic acids is 1. The fraction of sp³-hybridized carbons (Fsp3) is 0.650. The van der Waals surface area contributed by atoms with Crippen LogP contribution in [0.4, 0.5) is 0 Å². The number of ketones is 1. The van der Waals surface area contributed by atoms with E-state index in [1.54, 1.807) is 7.11 Å². The van der Waals surface area contributed by atoms with Crippen molar-refractivity contribution in [1.82, 2.24) is 0 Å². The Hall–Kier alpha value is -0.871. The van der Waals surface area contributed by atoms with Crippen molar-refractivity contribution in [3.63, 3.8) is 0 Å². The number of carbonyl (C=O) groups is 1. The first-order chi connectivity index (χ1) is 12.2. The molecule has 4 rings (SSSR count). The molecule has 3 aliphatic rings. The molecule has 3 aliphatic carbocycles. The van der Waals surface area contributed by atoms with E-state index in [-0.39, 0.29) is 16.3 Å². The van der Waals surface area contributed by atoms with Crippen molar-refractivity contribution in [2.24, 2.45) is 17.3 Å². The number of ether oxygens (including phenoxy) is 2. The Morgan fingerprint density at radius 1 is 1.20 bits per heavy atom. The van der Waals surface area contributed by atoms with E-state index in [9.17, 15) is 8.63 Å². The zero-order chi connectivity index (χ0) is 17.4. The molecule has 4 nitrogen and oxygen atoms in total. The van der Waals surface area contributed by atoms with Gasteiger partial charge in [-0.1, -0.05) is 0 Å². The molecule has 6 atom stereocenters. The van der Waals surface area contributed by atoms with Gasteiger partial charge in [0.15, 0.2) is 0 Å². The molecule has 136 valence electrons. The van der Waals surface area contributed by atoms with Crippen LogP contribution in [0.15, 0.2) is 30.3 Å². The molecule has 0 amide bonds. The van der Waals surface area contributed by atoms with Gasteiger partial charge in [0.05, 0.1) is 0 Å². The van der Waals surface area contributed by atoms with E-state index in [1.165, 1.54) is 0 Å². The Balaban J connectivity index is 1.53. The van der Waals surface area contributed by atoms with E-state index in [0.717, 1.165) is 43.0 Å². The standard InChI is InChI=1S/C20H26O4Se/c1-23-13-24-17-9-10-20-12-14(17)11-15(20)7-8-18(19(20)21)25(22)16-5-3-2-4-6-16/h2-6,14-15,17-18H,7-13H2,1H3/t14?,15-,17?,18?,20-,25?/m0/s1. The maximum atomic E-state index is 13.4. The molecule has 1 aromatic rings. The van der Waals surface area contributed by atoms with Crippen LogP contribution in [0.5, 0.6) is 0 Å². The first kappa shape index (κ1) is 17.5. The van der Waals surface area contributed by atoms with Gasteiger partial charge < -0.3 is 0 Å². The molecule has 0 saturated heterocycles. The van der Waals surface area contributed by atoms with Crippen LogP contribution in [0.2, 0.25) is 4.82 Å². The number of Topliss-reactive ketones (excluding diaryl/α,β-unsaturated/α-hetero) is 1. The van der Waals surface area contributed by atoms with Crippen molar-refractivity contribution in [2.75, 3.05) is 13.9 Å². The van der Waals surface area contributed by atoms with Crippen LogP contribution < -0.4 is 4.46 Å². The Morgan fingerprint density at radius 2 is 2.00 bits per heavy atom. The fourth-order valence-electron chi connectivity index (χ4n) is 5.46. The number of fused-ring (bicyclic) bond motifs is 1. The van der Waals surface area contributed by atoms with E-state index in [0.29, 0.717) is 24.4 Å². The third kappa shape index (κ3) is 2.95. The van der Waals surface area contributed by atoms with Gasteiger partial charge in [0.2, 0.25) is 0 Å².